The van der Waals surface area contributed by atoms with E-state index in [2.05, 4.69) is 27.4 Å². The lowest BCUT2D eigenvalue weighted by atomic mass is 9.71. The molecule has 1 heterocycles. The van der Waals surface area contributed by atoms with E-state index in [1.807, 2.05) is 36.4 Å². The van der Waals surface area contributed by atoms with Crippen molar-refractivity contribution < 1.29 is 14.3 Å². The van der Waals surface area contributed by atoms with Crippen molar-refractivity contribution in [1.29, 1.82) is 0 Å². The van der Waals surface area contributed by atoms with E-state index in [0.29, 0.717) is 12.8 Å². The normalized spacial score (nSPS) is 28.4. The van der Waals surface area contributed by atoms with Gasteiger partial charge in [0.15, 0.2) is 0 Å². The van der Waals surface area contributed by atoms with E-state index < -0.39 is 5.60 Å². The summed E-state index contributed by atoms with van der Waals surface area (Å²) in [6.45, 7) is 10.3. The Labute approximate surface area is 133 Å². The van der Waals surface area contributed by atoms with Gasteiger partial charge in [0.2, 0.25) is 0 Å². The molecule has 120 valence electrons. The van der Waals surface area contributed by atoms with Crippen molar-refractivity contribution in [2.24, 2.45) is 11.3 Å². The molecule has 0 spiro atoms. The molecule has 1 aromatic carbocycles. The smallest absolute Gasteiger partial charge is 0.311 e. The Hall–Kier alpha value is -1.61. The lowest BCUT2D eigenvalue weighted by Crippen LogP contribution is -2.42. The lowest BCUT2D eigenvalue weighted by molar-refractivity contribution is -0.148. The summed E-state index contributed by atoms with van der Waals surface area (Å²) in [6.07, 6.45) is 2.97. The fraction of sp³-hybridized carbons (Fsp3) is 0.526. The van der Waals surface area contributed by atoms with Crippen LogP contribution in [0.1, 0.15) is 45.3 Å². The highest BCUT2D eigenvalue weighted by Crippen LogP contribution is 2.53. The number of carbonyl (C=O) groups is 1. The first-order valence-corrected chi connectivity index (χ1v) is 7.76. The van der Waals surface area contributed by atoms with Crippen LogP contribution in [0.3, 0.4) is 0 Å². The first kappa shape index (κ1) is 16.8. The minimum absolute atomic E-state index is 0.100. The molecule has 0 N–H and O–H groups in total. The van der Waals surface area contributed by atoms with Gasteiger partial charge in [-0.2, -0.15) is 0 Å². The predicted molar refractivity (Wildman–Crippen MR) is 87.4 cm³/mol. The number of hydrogen-bond acceptors (Lipinski definition) is 3. The first-order valence-electron chi connectivity index (χ1n) is 7.76. The van der Waals surface area contributed by atoms with Gasteiger partial charge in [-0.05, 0) is 23.8 Å². The van der Waals surface area contributed by atoms with Crippen LogP contribution in [0.5, 0.6) is 0 Å². The van der Waals surface area contributed by atoms with E-state index in [4.69, 9.17) is 9.47 Å². The lowest BCUT2D eigenvalue weighted by Gasteiger charge is -2.41. The molecule has 0 bridgehead atoms. The summed E-state index contributed by atoms with van der Waals surface area (Å²) >= 11 is 0. The average molecular weight is 302 g/mol. The van der Waals surface area contributed by atoms with Gasteiger partial charge in [-0.15, -0.1) is 6.58 Å². The largest absolute Gasteiger partial charge is 0.469 e. The van der Waals surface area contributed by atoms with Crippen molar-refractivity contribution in [3.8, 4) is 0 Å². The number of esters is 1. The summed E-state index contributed by atoms with van der Waals surface area (Å²) in [5.41, 5.74) is 0.513. The van der Waals surface area contributed by atoms with E-state index in [-0.39, 0.29) is 23.4 Å². The minimum Gasteiger partial charge on any atom is -0.469 e. The fourth-order valence-corrected chi connectivity index (χ4v) is 3.29. The molecule has 0 saturated carbocycles. The zero-order valence-corrected chi connectivity index (χ0v) is 14.0. The standard InChI is InChI=1S/C19H26O3/c1-6-12-19(18(2,3)4)13-15(17(20)21-5)16(22-19)14-10-8-7-9-11-14/h6-11,15-16H,1,12-13H2,2-5H3/t15-,16+,19+/m0/s1. The Morgan fingerprint density at radius 2 is 2.05 bits per heavy atom. The highest BCUT2D eigenvalue weighted by Gasteiger charge is 2.55. The van der Waals surface area contributed by atoms with E-state index in [1.54, 1.807) is 0 Å². The molecule has 22 heavy (non-hydrogen) atoms. The quantitative estimate of drug-likeness (QED) is 0.614. The Bertz CT molecular complexity index is 529. The van der Waals surface area contributed by atoms with Crippen molar-refractivity contribution in [3.05, 3.63) is 48.6 Å². The molecule has 3 nitrogen and oxygen atoms in total. The molecule has 0 aromatic heterocycles. The second kappa shape index (κ2) is 6.25. The molecule has 1 aromatic rings. The van der Waals surface area contributed by atoms with Crippen LogP contribution in [0, 0.1) is 11.3 Å². The zero-order chi connectivity index (χ0) is 16.4. The zero-order valence-electron chi connectivity index (χ0n) is 14.0. The summed E-state index contributed by atoms with van der Waals surface area (Å²) in [4.78, 5) is 12.3. The maximum Gasteiger partial charge on any atom is 0.311 e. The van der Waals surface area contributed by atoms with Crippen LogP contribution in [0.2, 0.25) is 0 Å². The van der Waals surface area contributed by atoms with Crippen LogP contribution in [0.15, 0.2) is 43.0 Å². The van der Waals surface area contributed by atoms with Gasteiger partial charge in [0.25, 0.3) is 0 Å². The number of ether oxygens (including phenoxy) is 2. The molecule has 1 aliphatic rings. The number of rotatable bonds is 4. The monoisotopic (exact) mass is 302 g/mol. The topological polar surface area (TPSA) is 35.5 Å². The molecule has 0 radical (unpaired) electrons. The Morgan fingerprint density at radius 3 is 2.55 bits per heavy atom. The fourth-order valence-electron chi connectivity index (χ4n) is 3.29. The molecule has 3 atom stereocenters. The summed E-state index contributed by atoms with van der Waals surface area (Å²) in [6, 6.07) is 9.92. The van der Waals surface area contributed by atoms with Crippen molar-refractivity contribution >= 4 is 5.97 Å². The van der Waals surface area contributed by atoms with Gasteiger partial charge in [0, 0.05) is 0 Å². The molecular formula is C19H26O3. The Kier molecular flexibility index (Phi) is 4.76. The van der Waals surface area contributed by atoms with Crippen LogP contribution in [-0.2, 0) is 14.3 Å². The van der Waals surface area contributed by atoms with Gasteiger partial charge >= 0.3 is 5.97 Å². The van der Waals surface area contributed by atoms with Crippen molar-refractivity contribution in [2.45, 2.75) is 45.3 Å². The first-order chi connectivity index (χ1) is 10.3. The van der Waals surface area contributed by atoms with Gasteiger partial charge in [-0.3, -0.25) is 4.79 Å². The molecule has 1 aliphatic heterocycles. The maximum absolute atomic E-state index is 12.3. The molecule has 2 rings (SSSR count). The van der Waals surface area contributed by atoms with Crippen LogP contribution < -0.4 is 0 Å². The van der Waals surface area contributed by atoms with Gasteiger partial charge < -0.3 is 9.47 Å². The number of benzene rings is 1. The predicted octanol–water partition coefficient (Wildman–Crippen LogP) is 4.30. The van der Waals surface area contributed by atoms with Gasteiger partial charge in [0.05, 0.1) is 24.7 Å². The molecule has 0 unspecified atom stereocenters. The van der Waals surface area contributed by atoms with Crippen molar-refractivity contribution in [3.63, 3.8) is 0 Å². The van der Waals surface area contributed by atoms with Crippen LogP contribution >= 0.6 is 0 Å². The van der Waals surface area contributed by atoms with Crippen LogP contribution in [0.4, 0.5) is 0 Å². The molecule has 0 aliphatic carbocycles. The Balaban J connectivity index is 2.43. The maximum atomic E-state index is 12.3. The third kappa shape index (κ3) is 2.95. The van der Waals surface area contributed by atoms with Crippen LogP contribution in [0.25, 0.3) is 0 Å². The number of carbonyl (C=O) groups excluding carboxylic acids is 1. The number of methoxy groups -OCH3 is 1. The highest BCUT2D eigenvalue weighted by atomic mass is 16.5. The third-order valence-electron chi connectivity index (χ3n) is 4.74. The van der Waals surface area contributed by atoms with Crippen LogP contribution in [-0.4, -0.2) is 18.7 Å². The second-order valence-corrected chi connectivity index (χ2v) is 7.02. The number of hydrogen-bond donors (Lipinski definition) is 0. The molecule has 0 amide bonds. The molecule has 1 fully saturated rings. The van der Waals surface area contributed by atoms with E-state index in [1.165, 1.54) is 7.11 Å². The highest BCUT2D eigenvalue weighted by molar-refractivity contribution is 5.74. The average Bonchev–Trinajstić information content (AvgIpc) is 2.88. The minimum atomic E-state index is -0.409. The molecule has 3 heteroatoms. The van der Waals surface area contributed by atoms with Gasteiger partial charge in [-0.1, -0.05) is 57.2 Å². The summed E-state index contributed by atoms with van der Waals surface area (Å²) in [5.74, 6) is -0.490. The summed E-state index contributed by atoms with van der Waals surface area (Å²) < 4.78 is 11.5. The SMILES string of the molecule is C=CC[C@]1(C(C)(C)C)C[C@H](C(=O)OC)[C@@H](c2ccccc2)O1. The van der Waals surface area contributed by atoms with E-state index >= 15 is 0 Å². The Morgan fingerprint density at radius 1 is 1.41 bits per heavy atom. The van der Waals surface area contributed by atoms with Crippen molar-refractivity contribution in [2.75, 3.05) is 7.11 Å². The summed E-state index contributed by atoms with van der Waals surface area (Å²) in [5, 5.41) is 0. The summed E-state index contributed by atoms with van der Waals surface area (Å²) in [7, 11) is 1.44. The van der Waals surface area contributed by atoms with Crippen molar-refractivity contribution in [1.82, 2.24) is 0 Å². The van der Waals surface area contributed by atoms with Gasteiger partial charge in [-0.25, -0.2) is 0 Å². The van der Waals surface area contributed by atoms with Gasteiger partial charge in [0.1, 0.15) is 0 Å². The molecule has 1 saturated heterocycles. The molecular weight excluding hydrogens is 276 g/mol. The second-order valence-electron chi connectivity index (χ2n) is 7.02. The van der Waals surface area contributed by atoms with E-state index in [0.717, 1.165) is 5.56 Å². The van der Waals surface area contributed by atoms with E-state index in [9.17, 15) is 4.79 Å². The third-order valence-corrected chi connectivity index (χ3v) is 4.74.